The van der Waals surface area contributed by atoms with Gasteiger partial charge in [0.2, 0.25) is 0 Å². The van der Waals surface area contributed by atoms with Gasteiger partial charge in [-0.2, -0.15) is 0 Å². The normalized spacial score (nSPS) is 14.2. The minimum atomic E-state index is -0.721. The number of rotatable bonds is 4. The number of anilines is 1. The van der Waals surface area contributed by atoms with Crippen molar-refractivity contribution in [2.24, 2.45) is 0 Å². The molecule has 0 spiro atoms. The summed E-state index contributed by atoms with van der Waals surface area (Å²) in [6.07, 6.45) is 6.42. The first kappa shape index (κ1) is 17.4. The van der Waals surface area contributed by atoms with Crippen molar-refractivity contribution in [1.29, 1.82) is 0 Å². The molecule has 7 heteroatoms. The van der Waals surface area contributed by atoms with Crippen LogP contribution in [0, 0.1) is 18.6 Å². The average Bonchev–Trinajstić information content (AvgIpc) is 2.57. The third-order valence-corrected chi connectivity index (χ3v) is 4.05. The van der Waals surface area contributed by atoms with Crippen LogP contribution in [-0.4, -0.2) is 16.5 Å². The van der Waals surface area contributed by atoms with Gasteiger partial charge in [0.05, 0.1) is 6.20 Å². The van der Waals surface area contributed by atoms with Crippen molar-refractivity contribution in [3.05, 3.63) is 76.2 Å². The number of aryl methyl sites for hydroxylation is 1. The van der Waals surface area contributed by atoms with Crippen molar-refractivity contribution >= 4 is 17.3 Å². The van der Waals surface area contributed by atoms with Gasteiger partial charge in [-0.15, -0.1) is 0 Å². The Kier molecular flexibility index (Phi) is 4.99. The topological polar surface area (TPSA) is 38.2 Å². The first-order valence-corrected chi connectivity index (χ1v) is 8.02. The van der Waals surface area contributed by atoms with Gasteiger partial charge >= 0.3 is 0 Å². The van der Waals surface area contributed by atoms with Crippen molar-refractivity contribution in [1.82, 2.24) is 9.97 Å². The van der Waals surface area contributed by atoms with Gasteiger partial charge in [0.25, 0.3) is 0 Å². The predicted octanol–water partition coefficient (Wildman–Crippen LogP) is 4.54. The lowest BCUT2D eigenvalue weighted by atomic mass is 10.1. The number of hydrogen-bond donors (Lipinski definition) is 0. The summed E-state index contributed by atoms with van der Waals surface area (Å²) in [4.78, 5) is 9.85. The zero-order valence-corrected chi connectivity index (χ0v) is 14.5. The lowest BCUT2D eigenvalue weighted by molar-refractivity contribution is 0.201. The third kappa shape index (κ3) is 3.96. The maximum atomic E-state index is 13.6. The van der Waals surface area contributed by atoms with Crippen LogP contribution in [0.15, 0.2) is 48.1 Å². The van der Waals surface area contributed by atoms with Crippen LogP contribution in [0.25, 0.3) is 0 Å². The molecule has 130 valence electrons. The maximum absolute atomic E-state index is 13.6. The van der Waals surface area contributed by atoms with Gasteiger partial charge in [-0.05, 0) is 37.6 Å². The molecule has 0 saturated carbocycles. The summed E-state index contributed by atoms with van der Waals surface area (Å²) in [5.74, 6) is -0.825. The second-order valence-electron chi connectivity index (χ2n) is 5.67. The van der Waals surface area contributed by atoms with Crippen LogP contribution in [0.4, 0.5) is 14.5 Å². The van der Waals surface area contributed by atoms with E-state index in [2.05, 4.69) is 14.9 Å². The summed E-state index contributed by atoms with van der Waals surface area (Å²) in [5, 5.41) is 0.428. The Bertz CT molecular complexity index is 867. The smallest absolute Gasteiger partial charge is 0.151 e. The van der Waals surface area contributed by atoms with Gasteiger partial charge in [0.15, 0.2) is 5.82 Å². The summed E-state index contributed by atoms with van der Waals surface area (Å²) in [6, 6.07) is 2.60. The summed E-state index contributed by atoms with van der Waals surface area (Å²) < 4.78 is 32.1. The third-order valence-electron chi connectivity index (χ3n) is 3.84. The largest absolute Gasteiger partial charge is 0.487 e. The van der Waals surface area contributed by atoms with Crippen LogP contribution in [0.2, 0.25) is 5.15 Å². The second-order valence-corrected chi connectivity index (χ2v) is 6.05. The first-order valence-electron chi connectivity index (χ1n) is 7.65. The van der Waals surface area contributed by atoms with E-state index < -0.39 is 11.6 Å². The van der Waals surface area contributed by atoms with E-state index in [0.717, 1.165) is 29.2 Å². The molecule has 0 atom stereocenters. The van der Waals surface area contributed by atoms with Crippen LogP contribution >= 0.6 is 11.6 Å². The van der Waals surface area contributed by atoms with Crippen molar-refractivity contribution < 1.29 is 13.5 Å². The standard InChI is InChI=1S/C18H16ClF2N3O/c1-11-8-23-18(19)7-17(11)24-4-3-14(5-12(24)2)25-10-16-15(21)6-13(20)9-22-16/h3,5-9H,4,10H2,1-2H3. The Morgan fingerprint density at radius 3 is 2.72 bits per heavy atom. The molecule has 4 nitrogen and oxygen atoms in total. The molecule has 0 bridgehead atoms. The quantitative estimate of drug-likeness (QED) is 0.747. The lowest BCUT2D eigenvalue weighted by Crippen LogP contribution is -2.25. The van der Waals surface area contributed by atoms with Gasteiger partial charge in [0, 0.05) is 30.2 Å². The molecule has 1 aliphatic rings. The number of pyridine rings is 2. The van der Waals surface area contributed by atoms with E-state index in [4.69, 9.17) is 16.3 Å². The highest BCUT2D eigenvalue weighted by molar-refractivity contribution is 6.29. The molecule has 2 aromatic rings. The number of hydrogen-bond acceptors (Lipinski definition) is 4. The molecule has 2 aromatic heterocycles. The molecule has 0 amide bonds. The van der Waals surface area contributed by atoms with E-state index >= 15 is 0 Å². The van der Waals surface area contributed by atoms with E-state index in [1.165, 1.54) is 0 Å². The van der Waals surface area contributed by atoms with Crippen LogP contribution < -0.4 is 4.90 Å². The van der Waals surface area contributed by atoms with Crippen molar-refractivity contribution in [2.75, 3.05) is 11.4 Å². The monoisotopic (exact) mass is 363 g/mol. The van der Waals surface area contributed by atoms with Gasteiger partial charge in [-0.3, -0.25) is 4.98 Å². The van der Waals surface area contributed by atoms with Crippen molar-refractivity contribution in [2.45, 2.75) is 20.5 Å². The van der Waals surface area contributed by atoms with Crippen molar-refractivity contribution in [3.8, 4) is 0 Å². The zero-order valence-electron chi connectivity index (χ0n) is 13.8. The number of ether oxygens (including phenoxy) is 1. The lowest BCUT2D eigenvalue weighted by Gasteiger charge is -2.29. The molecule has 0 aromatic carbocycles. The number of allylic oxidation sites excluding steroid dienone is 2. The minimum Gasteiger partial charge on any atom is -0.487 e. The molecule has 0 radical (unpaired) electrons. The minimum absolute atomic E-state index is 0.0625. The average molecular weight is 364 g/mol. The molecule has 3 heterocycles. The summed E-state index contributed by atoms with van der Waals surface area (Å²) in [6.45, 7) is 4.42. The molecule has 0 saturated heterocycles. The van der Waals surface area contributed by atoms with E-state index in [9.17, 15) is 8.78 Å². The Balaban J connectivity index is 1.71. The molecule has 3 rings (SSSR count). The fourth-order valence-corrected chi connectivity index (χ4v) is 2.69. The molecule has 0 fully saturated rings. The summed E-state index contributed by atoms with van der Waals surface area (Å²) in [7, 11) is 0. The fourth-order valence-electron chi connectivity index (χ4n) is 2.54. The highest BCUT2D eigenvalue weighted by Gasteiger charge is 2.16. The number of aromatic nitrogens is 2. The molecule has 0 unspecified atom stereocenters. The van der Waals surface area contributed by atoms with Crippen molar-refractivity contribution in [3.63, 3.8) is 0 Å². The second kappa shape index (κ2) is 7.19. The van der Waals surface area contributed by atoms with Gasteiger partial charge in [-0.1, -0.05) is 11.6 Å². The Hall–Kier alpha value is -2.47. The highest BCUT2D eigenvalue weighted by Crippen LogP contribution is 2.28. The molecular weight excluding hydrogens is 348 g/mol. The molecular formula is C18H16ClF2N3O. The van der Waals surface area contributed by atoms with E-state index in [1.54, 1.807) is 6.20 Å². The van der Waals surface area contributed by atoms with Crippen LogP contribution in [0.3, 0.4) is 0 Å². The molecule has 1 aliphatic heterocycles. The highest BCUT2D eigenvalue weighted by atomic mass is 35.5. The van der Waals surface area contributed by atoms with Crippen LogP contribution in [0.5, 0.6) is 0 Å². The Morgan fingerprint density at radius 1 is 1.20 bits per heavy atom. The van der Waals surface area contributed by atoms with E-state index in [1.807, 2.05) is 32.1 Å². The summed E-state index contributed by atoms with van der Waals surface area (Å²) in [5.41, 5.74) is 2.99. The van der Waals surface area contributed by atoms with Gasteiger partial charge in [-0.25, -0.2) is 13.8 Å². The summed E-state index contributed by atoms with van der Waals surface area (Å²) >= 11 is 5.99. The van der Waals surface area contributed by atoms with Crippen LogP contribution in [-0.2, 0) is 11.3 Å². The molecule has 0 N–H and O–H groups in total. The first-order chi connectivity index (χ1) is 11.9. The maximum Gasteiger partial charge on any atom is 0.151 e. The number of halogens is 3. The Morgan fingerprint density at radius 2 is 2.00 bits per heavy atom. The zero-order chi connectivity index (χ0) is 18.0. The van der Waals surface area contributed by atoms with Crippen LogP contribution in [0.1, 0.15) is 18.2 Å². The SMILES string of the molecule is CC1=CC(OCc2ncc(F)cc2F)=CCN1c1cc(Cl)ncc1C. The van der Waals surface area contributed by atoms with E-state index in [-0.39, 0.29) is 12.3 Å². The van der Waals surface area contributed by atoms with E-state index in [0.29, 0.717) is 17.5 Å². The Labute approximate surface area is 149 Å². The predicted molar refractivity (Wildman–Crippen MR) is 92.1 cm³/mol. The van der Waals surface area contributed by atoms with Gasteiger partial charge < -0.3 is 9.64 Å². The molecule has 0 aliphatic carbocycles. The number of nitrogens with zero attached hydrogens (tertiary/aromatic N) is 3. The molecule has 25 heavy (non-hydrogen) atoms. The van der Waals surface area contributed by atoms with Gasteiger partial charge in [0.1, 0.15) is 29.0 Å². The fraction of sp³-hybridized carbons (Fsp3) is 0.222.